The topological polar surface area (TPSA) is 83.1 Å². The van der Waals surface area contributed by atoms with E-state index in [1.165, 1.54) is 0 Å². The minimum absolute atomic E-state index is 0.0822. The van der Waals surface area contributed by atoms with E-state index in [0.29, 0.717) is 6.54 Å². The number of nitrogens with one attached hydrogen (secondary N) is 3. The highest BCUT2D eigenvalue weighted by atomic mass is 16.2. The summed E-state index contributed by atoms with van der Waals surface area (Å²) in [6.07, 6.45) is 3.38. The van der Waals surface area contributed by atoms with Crippen molar-refractivity contribution in [3.63, 3.8) is 0 Å². The van der Waals surface area contributed by atoms with E-state index in [4.69, 9.17) is 0 Å². The molecule has 0 saturated carbocycles. The fourth-order valence-corrected chi connectivity index (χ4v) is 1.80. The SMILES string of the molecule is C[C@H](NC(=O)C1CNC(=O)CN1)c1ccncc1. The van der Waals surface area contributed by atoms with Crippen LogP contribution in [0, 0.1) is 0 Å². The predicted molar refractivity (Wildman–Crippen MR) is 65.6 cm³/mol. The Morgan fingerprint density at radius 2 is 2.22 bits per heavy atom. The van der Waals surface area contributed by atoms with Gasteiger partial charge in [-0.05, 0) is 24.6 Å². The summed E-state index contributed by atoms with van der Waals surface area (Å²) < 4.78 is 0. The van der Waals surface area contributed by atoms with Crippen LogP contribution >= 0.6 is 0 Å². The zero-order chi connectivity index (χ0) is 13.0. The molecule has 6 heteroatoms. The van der Waals surface area contributed by atoms with Crippen molar-refractivity contribution < 1.29 is 9.59 Å². The molecule has 0 bridgehead atoms. The van der Waals surface area contributed by atoms with Crippen LogP contribution in [0.4, 0.5) is 0 Å². The highest BCUT2D eigenvalue weighted by molar-refractivity contribution is 5.86. The van der Waals surface area contributed by atoms with Gasteiger partial charge < -0.3 is 10.6 Å². The summed E-state index contributed by atoms with van der Waals surface area (Å²) in [5.41, 5.74) is 0.998. The molecule has 2 heterocycles. The van der Waals surface area contributed by atoms with Crippen LogP contribution in [0.25, 0.3) is 0 Å². The second kappa shape index (κ2) is 5.59. The van der Waals surface area contributed by atoms with Gasteiger partial charge in [0.1, 0.15) is 6.04 Å². The number of nitrogens with zero attached hydrogens (tertiary/aromatic N) is 1. The Balaban J connectivity index is 1.89. The number of rotatable bonds is 3. The van der Waals surface area contributed by atoms with E-state index in [9.17, 15) is 9.59 Å². The summed E-state index contributed by atoms with van der Waals surface area (Å²) in [4.78, 5) is 26.8. The van der Waals surface area contributed by atoms with Crippen molar-refractivity contribution >= 4 is 11.8 Å². The standard InChI is InChI=1S/C12H16N4O2/c1-8(9-2-4-13-5-3-9)16-12(18)10-6-15-11(17)7-14-10/h2-5,8,10,14H,6-7H2,1H3,(H,15,17)(H,16,18)/t8-,10?/m0/s1. The van der Waals surface area contributed by atoms with Gasteiger partial charge in [-0.2, -0.15) is 0 Å². The number of hydrogen-bond acceptors (Lipinski definition) is 4. The second-order valence-corrected chi connectivity index (χ2v) is 4.25. The van der Waals surface area contributed by atoms with Gasteiger partial charge in [-0.1, -0.05) is 0 Å². The van der Waals surface area contributed by atoms with Gasteiger partial charge in [-0.3, -0.25) is 19.9 Å². The maximum Gasteiger partial charge on any atom is 0.239 e. The van der Waals surface area contributed by atoms with Crippen LogP contribution in [0.15, 0.2) is 24.5 Å². The number of hydrogen-bond donors (Lipinski definition) is 3. The molecule has 0 aliphatic carbocycles. The van der Waals surface area contributed by atoms with Crippen molar-refractivity contribution in [3.8, 4) is 0 Å². The molecule has 1 fully saturated rings. The van der Waals surface area contributed by atoms with Gasteiger partial charge in [0.05, 0.1) is 12.6 Å². The van der Waals surface area contributed by atoms with Crippen LogP contribution in [0.1, 0.15) is 18.5 Å². The largest absolute Gasteiger partial charge is 0.353 e. The number of pyridine rings is 1. The van der Waals surface area contributed by atoms with Gasteiger partial charge in [0.25, 0.3) is 0 Å². The van der Waals surface area contributed by atoms with E-state index >= 15 is 0 Å². The zero-order valence-corrected chi connectivity index (χ0v) is 10.1. The van der Waals surface area contributed by atoms with Crippen molar-refractivity contribution in [2.45, 2.75) is 19.0 Å². The molecule has 1 unspecified atom stereocenters. The van der Waals surface area contributed by atoms with E-state index < -0.39 is 0 Å². The van der Waals surface area contributed by atoms with Gasteiger partial charge in [-0.15, -0.1) is 0 Å². The second-order valence-electron chi connectivity index (χ2n) is 4.25. The lowest BCUT2D eigenvalue weighted by Gasteiger charge is -2.25. The molecule has 1 aromatic heterocycles. The van der Waals surface area contributed by atoms with Gasteiger partial charge in [-0.25, -0.2) is 0 Å². The van der Waals surface area contributed by atoms with Crippen molar-refractivity contribution in [3.05, 3.63) is 30.1 Å². The molecule has 2 atom stereocenters. The average Bonchev–Trinajstić information content (AvgIpc) is 2.40. The van der Waals surface area contributed by atoms with Gasteiger partial charge in [0.15, 0.2) is 0 Å². The highest BCUT2D eigenvalue weighted by Gasteiger charge is 2.24. The number of amides is 2. The molecule has 1 aromatic rings. The first-order valence-electron chi connectivity index (χ1n) is 5.87. The molecular weight excluding hydrogens is 232 g/mol. The molecule has 1 saturated heterocycles. The summed E-state index contributed by atoms with van der Waals surface area (Å²) in [5.74, 6) is -0.194. The van der Waals surface area contributed by atoms with E-state index in [1.54, 1.807) is 12.4 Å². The number of carbonyl (C=O) groups excluding carboxylic acids is 2. The maximum atomic E-state index is 11.9. The van der Waals surface area contributed by atoms with E-state index in [0.717, 1.165) is 5.56 Å². The molecule has 0 spiro atoms. The first-order chi connectivity index (χ1) is 8.66. The summed E-state index contributed by atoms with van der Waals surface area (Å²) in [6.45, 7) is 2.42. The van der Waals surface area contributed by atoms with E-state index in [1.807, 2.05) is 19.1 Å². The van der Waals surface area contributed by atoms with Crippen LogP contribution in [0.5, 0.6) is 0 Å². The summed E-state index contributed by atoms with van der Waals surface area (Å²) in [5, 5.41) is 8.44. The zero-order valence-electron chi connectivity index (χ0n) is 10.1. The Hall–Kier alpha value is -1.95. The van der Waals surface area contributed by atoms with E-state index in [-0.39, 0.29) is 30.4 Å². The minimum Gasteiger partial charge on any atom is -0.353 e. The molecule has 2 amide bonds. The number of aromatic nitrogens is 1. The highest BCUT2D eigenvalue weighted by Crippen LogP contribution is 2.10. The fourth-order valence-electron chi connectivity index (χ4n) is 1.80. The number of piperazine rings is 1. The summed E-state index contributed by atoms with van der Waals surface area (Å²) >= 11 is 0. The molecule has 0 radical (unpaired) electrons. The Bertz CT molecular complexity index is 425. The molecular formula is C12H16N4O2. The quantitative estimate of drug-likeness (QED) is 0.663. The van der Waals surface area contributed by atoms with Crippen LogP contribution < -0.4 is 16.0 Å². The lowest BCUT2D eigenvalue weighted by molar-refractivity contribution is -0.127. The normalized spacial score (nSPS) is 20.9. The van der Waals surface area contributed by atoms with Gasteiger partial charge in [0.2, 0.25) is 11.8 Å². The molecule has 6 nitrogen and oxygen atoms in total. The monoisotopic (exact) mass is 248 g/mol. The third kappa shape index (κ3) is 3.04. The molecule has 96 valence electrons. The van der Waals surface area contributed by atoms with Gasteiger partial charge >= 0.3 is 0 Å². The molecule has 1 aliphatic rings. The van der Waals surface area contributed by atoms with Crippen LogP contribution in [0.3, 0.4) is 0 Å². The maximum absolute atomic E-state index is 11.9. The van der Waals surface area contributed by atoms with Crippen molar-refractivity contribution in [1.82, 2.24) is 20.9 Å². The third-order valence-corrected chi connectivity index (χ3v) is 2.89. The molecule has 18 heavy (non-hydrogen) atoms. The average molecular weight is 248 g/mol. The Morgan fingerprint density at radius 1 is 1.50 bits per heavy atom. The molecule has 0 aromatic carbocycles. The Morgan fingerprint density at radius 3 is 2.83 bits per heavy atom. The van der Waals surface area contributed by atoms with Crippen molar-refractivity contribution in [2.24, 2.45) is 0 Å². The predicted octanol–water partition coefficient (Wildman–Crippen LogP) is -0.653. The Kier molecular flexibility index (Phi) is 3.88. The lowest BCUT2D eigenvalue weighted by atomic mass is 10.1. The van der Waals surface area contributed by atoms with Gasteiger partial charge in [0, 0.05) is 18.9 Å². The Labute approximate surface area is 105 Å². The van der Waals surface area contributed by atoms with Crippen LogP contribution in [0.2, 0.25) is 0 Å². The van der Waals surface area contributed by atoms with Crippen LogP contribution in [-0.2, 0) is 9.59 Å². The third-order valence-electron chi connectivity index (χ3n) is 2.89. The van der Waals surface area contributed by atoms with Crippen LogP contribution in [-0.4, -0.2) is 35.9 Å². The molecule has 3 N–H and O–H groups in total. The lowest BCUT2D eigenvalue weighted by Crippen LogP contribution is -2.58. The number of carbonyl (C=O) groups is 2. The van der Waals surface area contributed by atoms with Crippen molar-refractivity contribution in [1.29, 1.82) is 0 Å². The summed E-state index contributed by atoms with van der Waals surface area (Å²) in [7, 11) is 0. The smallest absolute Gasteiger partial charge is 0.239 e. The van der Waals surface area contributed by atoms with Crippen molar-refractivity contribution in [2.75, 3.05) is 13.1 Å². The first kappa shape index (κ1) is 12.5. The summed E-state index contributed by atoms with van der Waals surface area (Å²) in [6, 6.07) is 3.27. The van der Waals surface area contributed by atoms with E-state index in [2.05, 4.69) is 20.9 Å². The molecule has 1 aliphatic heterocycles. The fraction of sp³-hybridized carbons (Fsp3) is 0.417. The minimum atomic E-state index is -0.369. The molecule has 2 rings (SSSR count). The first-order valence-corrected chi connectivity index (χ1v) is 5.87.